The van der Waals surface area contributed by atoms with E-state index < -0.39 is 0 Å². The Morgan fingerprint density at radius 2 is 1.91 bits per heavy atom. The van der Waals surface area contributed by atoms with Gasteiger partial charge >= 0.3 is 5.97 Å². The zero-order valence-corrected chi connectivity index (χ0v) is 13.8. The second-order valence-corrected chi connectivity index (χ2v) is 6.33. The second kappa shape index (κ2) is 7.49. The minimum atomic E-state index is -0.325. The summed E-state index contributed by atoms with van der Waals surface area (Å²) >= 11 is 0. The third-order valence-corrected chi connectivity index (χ3v) is 4.50. The maximum atomic E-state index is 11.2. The molecule has 2 fully saturated rings. The molecule has 0 atom stereocenters. The van der Waals surface area contributed by atoms with E-state index in [4.69, 9.17) is 4.84 Å². The lowest BCUT2D eigenvalue weighted by Gasteiger charge is -2.28. The molecule has 124 valence electrons. The molecule has 23 heavy (non-hydrogen) atoms. The number of carbonyl (C=O) groups excluding carboxylic acids is 1. The molecular weight excluding hydrogens is 290 g/mol. The Morgan fingerprint density at radius 1 is 1.17 bits per heavy atom. The molecule has 0 unspecified atom stereocenters. The van der Waals surface area contributed by atoms with Gasteiger partial charge in [0.2, 0.25) is 5.96 Å². The van der Waals surface area contributed by atoms with Crippen LogP contribution < -0.4 is 5.32 Å². The molecule has 1 aliphatic heterocycles. The van der Waals surface area contributed by atoms with E-state index in [1.165, 1.54) is 44.6 Å². The maximum absolute atomic E-state index is 11.2. The largest absolute Gasteiger partial charge is 0.353 e. The van der Waals surface area contributed by atoms with Crippen LogP contribution in [0, 0.1) is 0 Å². The van der Waals surface area contributed by atoms with Crippen LogP contribution in [0.4, 0.5) is 5.69 Å². The van der Waals surface area contributed by atoms with Gasteiger partial charge in [-0.3, -0.25) is 4.79 Å². The highest BCUT2D eigenvalue weighted by Crippen LogP contribution is 2.33. The smallest absolute Gasteiger partial charge is 0.329 e. The van der Waals surface area contributed by atoms with Crippen LogP contribution in [-0.4, -0.2) is 30.1 Å². The number of hydrogen-bond donors (Lipinski definition) is 1. The Bertz CT molecular complexity index is 562. The minimum Gasteiger partial charge on any atom is -0.353 e. The molecule has 1 N–H and O–H groups in total. The number of carbonyl (C=O) groups is 1. The van der Waals surface area contributed by atoms with Gasteiger partial charge in [0, 0.05) is 13.5 Å². The molecule has 1 heterocycles. The number of rotatable bonds is 3. The lowest BCUT2D eigenvalue weighted by molar-refractivity contribution is -0.171. The van der Waals surface area contributed by atoms with E-state index in [1.807, 2.05) is 0 Å². The summed E-state index contributed by atoms with van der Waals surface area (Å²) in [5.41, 5.74) is 2.30. The summed E-state index contributed by atoms with van der Waals surface area (Å²) in [6.45, 7) is 2.92. The summed E-state index contributed by atoms with van der Waals surface area (Å²) in [4.78, 5) is 21.0. The molecule has 0 aromatic heterocycles. The highest BCUT2D eigenvalue weighted by atomic mass is 16.7. The van der Waals surface area contributed by atoms with Crippen molar-refractivity contribution >= 4 is 17.6 Å². The normalized spacial score (nSPS) is 21.1. The first kappa shape index (κ1) is 15.8. The summed E-state index contributed by atoms with van der Waals surface area (Å²) in [5, 5.41) is 4.74. The Balaban J connectivity index is 1.71. The topological polar surface area (TPSA) is 53.9 Å². The zero-order valence-electron chi connectivity index (χ0n) is 13.8. The van der Waals surface area contributed by atoms with Crippen molar-refractivity contribution in [3.8, 4) is 0 Å². The number of hydrogen-bond acceptors (Lipinski definition) is 3. The van der Waals surface area contributed by atoms with Crippen LogP contribution in [0.1, 0.15) is 56.9 Å². The number of guanidine groups is 1. The van der Waals surface area contributed by atoms with Crippen LogP contribution in [-0.2, 0) is 9.63 Å². The molecule has 5 nitrogen and oxygen atoms in total. The molecule has 0 spiro atoms. The van der Waals surface area contributed by atoms with Crippen molar-refractivity contribution < 1.29 is 9.63 Å². The standard InChI is InChI=1S/C18H25N3O2/c1-14(22)23-21-13-5-12-19-18(21)20-17-10-8-16(9-11-17)15-6-3-2-4-7-15/h8-11,15H,2-7,12-13H2,1H3,(H,19,20). The second-order valence-electron chi connectivity index (χ2n) is 6.33. The van der Waals surface area contributed by atoms with Crippen LogP contribution >= 0.6 is 0 Å². The quantitative estimate of drug-likeness (QED) is 0.927. The monoisotopic (exact) mass is 315 g/mol. The SMILES string of the molecule is CC(=O)ON1CCCNC1=Nc1ccc(C2CCCCC2)cc1. The molecule has 1 saturated heterocycles. The van der Waals surface area contributed by atoms with Gasteiger partial charge in [-0.05, 0) is 42.9 Å². The highest BCUT2D eigenvalue weighted by molar-refractivity contribution is 5.83. The molecule has 2 aliphatic rings. The highest BCUT2D eigenvalue weighted by Gasteiger charge is 2.19. The maximum Gasteiger partial charge on any atom is 0.329 e. The first-order valence-corrected chi connectivity index (χ1v) is 8.61. The Labute approximate surface area is 137 Å². The van der Waals surface area contributed by atoms with Crippen molar-refractivity contribution in [2.24, 2.45) is 4.99 Å². The fraction of sp³-hybridized carbons (Fsp3) is 0.556. The first-order chi connectivity index (χ1) is 11.2. The number of nitrogens with one attached hydrogen (secondary N) is 1. The van der Waals surface area contributed by atoms with Crippen LogP contribution in [0.2, 0.25) is 0 Å². The predicted molar refractivity (Wildman–Crippen MR) is 90.5 cm³/mol. The van der Waals surface area contributed by atoms with Crippen LogP contribution in [0.15, 0.2) is 29.3 Å². The van der Waals surface area contributed by atoms with Gasteiger partial charge in [0.25, 0.3) is 0 Å². The van der Waals surface area contributed by atoms with Gasteiger partial charge < -0.3 is 10.2 Å². The zero-order chi connectivity index (χ0) is 16.1. The molecule has 1 aromatic carbocycles. The van der Waals surface area contributed by atoms with Gasteiger partial charge in [0.05, 0.1) is 12.2 Å². The van der Waals surface area contributed by atoms with Crippen LogP contribution in [0.25, 0.3) is 0 Å². The van der Waals surface area contributed by atoms with Gasteiger partial charge in [0.1, 0.15) is 0 Å². The molecule has 1 saturated carbocycles. The van der Waals surface area contributed by atoms with Gasteiger partial charge in [-0.15, -0.1) is 0 Å². The van der Waals surface area contributed by atoms with Crippen molar-refractivity contribution in [1.82, 2.24) is 10.4 Å². The summed E-state index contributed by atoms with van der Waals surface area (Å²) in [6.07, 6.45) is 7.59. The number of aliphatic imine (C=N–C) groups is 1. The number of hydroxylamine groups is 2. The Hall–Kier alpha value is -2.04. The Morgan fingerprint density at radius 3 is 2.61 bits per heavy atom. The summed E-state index contributed by atoms with van der Waals surface area (Å²) < 4.78 is 0. The number of nitrogens with zero attached hydrogens (tertiary/aromatic N) is 2. The molecule has 0 radical (unpaired) electrons. The predicted octanol–water partition coefficient (Wildman–Crippen LogP) is 3.50. The minimum absolute atomic E-state index is 0.325. The molecule has 3 rings (SSSR count). The van der Waals surface area contributed by atoms with E-state index in [0.717, 1.165) is 18.7 Å². The van der Waals surface area contributed by atoms with Crippen molar-refractivity contribution in [2.75, 3.05) is 13.1 Å². The summed E-state index contributed by atoms with van der Waals surface area (Å²) in [6, 6.07) is 8.49. The van der Waals surface area contributed by atoms with E-state index in [-0.39, 0.29) is 5.97 Å². The van der Waals surface area contributed by atoms with Crippen LogP contribution in [0.5, 0.6) is 0 Å². The van der Waals surface area contributed by atoms with Crippen molar-refractivity contribution in [3.05, 3.63) is 29.8 Å². The van der Waals surface area contributed by atoms with Crippen LogP contribution in [0.3, 0.4) is 0 Å². The van der Waals surface area contributed by atoms with Gasteiger partial charge in [-0.25, -0.2) is 4.99 Å². The van der Waals surface area contributed by atoms with E-state index in [0.29, 0.717) is 18.4 Å². The van der Waals surface area contributed by atoms with Gasteiger partial charge in [-0.2, -0.15) is 5.06 Å². The molecule has 0 bridgehead atoms. The summed E-state index contributed by atoms with van der Waals surface area (Å²) in [5.74, 6) is 0.988. The van der Waals surface area contributed by atoms with Gasteiger partial charge in [0.15, 0.2) is 0 Å². The molecule has 1 aromatic rings. The Kier molecular flexibility index (Phi) is 5.16. The third kappa shape index (κ3) is 4.24. The lowest BCUT2D eigenvalue weighted by Crippen LogP contribution is -2.47. The van der Waals surface area contributed by atoms with E-state index in [9.17, 15) is 4.79 Å². The fourth-order valence-corrected chi connectivity index (χ4v) is 3.34. The van der Waals surface area contributed by atoms with E-state index in [2.05, 4.69) is 34.6 Å². The number of benzene rings is 1. The van der Waals surface area contributed by atoms with Crippen molar-refractivity contribution in [3.63, 3.8) is 0 Å². The first-order valence-electron chi connectivity index (χ1n) is 8.61. The van der Waals surface area contributed by atoms with Crippen molar-refractivity contribution in [2.45, 2.75) is 51.4 Å². The summed E-state index contributed by atoms with van der Waals surface area (Å²) in [7, 11) is 0. The van der Waals surface area contributed by atoms with E-state index in [1.54, 1.807) is 5.06 Å². The molecular formula is C18H25N3O2. The van der Waals surface area contributed by atoms with Crippen molar-refractivity contribution in [1.29, 1.82) is 0 Å². The lowest BCUT2D eigenvalue weighted by atomic mass is 9.84. The molecule has 5 heteroatoms. The average Bonchev–Trinajstić information content (AvgIpc) is 2.58. The third-order valence-electron chi connectivity index (χ3n) is 4.50. The molecule has 0 amide bonds. The van der Waals surface area contributed by atoms with Gasteiger partial charge in [-0.1, -0.05) is 31.4 Å². The van der Waals surface area contributed by atoms with E-state index >= 15 is 0 Å². The molecule has 1 aliphatic carbocycles. The average molecular weight is 315 g/mol. The fourth-order valence-electron chi connectivity index (χ4n) is 3.34.